The van der Waals surface area contributed by atoms with Gasteiger partial charge in [-0.15, -0.1) is 0 Å². The number of quaternary nitrogens is 1. The second-order valence-corrected chi connectivity index (χ2v) is 24.0. The van der Waals surface area contributed by atoms with Crippen molar-refractivity contribution in [3.8, 4) is 17.2 Å². The molecule has 0 heterocycles. The summed E-state index contributed by atoms with van der Waals surface area (Å²) in [5, 5.41) is 0. The topological polar surface area (TPSA) is 27.7 Å². The van der Waals surface area contributed by atoms with Crippen molar-refractivity contribution < 1.29 is 97.5 Å². The fourth-order valence-electron chi connectivity index (χ4n) is 11.7. The lowest BCUT2D eigenvalue weighted by Gasteiger charge is -2.47. The van der Waals surface area contributed by atoms with E-state index in [4.69, 9.17) is 14.0 Å². The monoisotopic (exact) mass is 1300 g/mol. The first-order valence-corrected chi connectivity index (χ1v) is 32.6. The molecule has 4 nitrogen and oxygen atoms in total. The van der Waals surface area contributed by atoms with Crippen LogP contribution in [0.25, 0.3) is 0 Å². The highest BCUT2D eigenvalue weighted by Crippen LogP contribution is 2.50. The molecule has 3 rings (SSSR count). The Morgan fingerprint density at radius 2 is 0.562 bits per heavy atom. The first-order chi connectivity index (χ1) is 41.8. The van der Waals surface area contributed by atoms with Gasteiger partial charge in [0.2, 0.25) is 0 Å². The van der Waals surface area contributed by atoms with Crippen LogP contribution in [-0.2, 0) is 37.1 Å². The van der Waals surface area contributed by atoms with Crippen molar-refractivity contribution in [2.24, 2.45) is 0 Å². The normalized spacial score (nSPS) is 13.3. The van der Waals surface area contributed by atoms with Crippen LogP contribution in [0.3, 0.4) is 0 Å². The van der Waals surface area contributed by atoms with E-state index in [0.717, 1.165) is 128 Å². The van der Waals surface area contributed by atoms with Gasteiger partial charge in [0.25, 0.3) is 0 Å². The van der Waals surface area contributed by atoms with Crippen LogP contribution in [0.1, 0.15) is 291 Å². The molecule has 0 saturated carbocycles. The van der Waals surface area contributed by atoms with Gasteiger partial charge in [-0.3, -0.25) is 0 Å². The van der Waals surface area contributed by atoms with E-state index in [-0.39, 0.29) is 85.5 Å². The summed E-state index contributed by atoms with van der Waals surface area (Å²) in [6, 6.07) is -2.47. The molecule has 0 aliphatic carbocycles. The highest BCUT2D eigenvalue weighted by atomic mass is 19.4. The Morgan fingerprint density at radius 3 is 0.831 bits per heavy atom. The molecule has 0 N–H and O–H groups in total. The Balaban J connectivity index is 2.49. The molecule has 0 amide bonds. The van der Waals surface area contributed by atoms with E-state index in [0.29, 0.717) is 51.4 Å². The molecule has 0 spiro atoms. The molecule has 23 heteroatoms. The predicted octanol–water partition coefficient (Wildman–Crippen LogP) is 25.5. The van der Waals surface area contributed by atoms with E-state index in [9.17, 15) is 52.7 Å². The molecule has 0 radical (unpaired) electrons. The van der Waals surface area contributed by atoms with Crippen LogP contribution < -0.4 is 14.0 Å². The molecular formula is C66H95BF18NO3+. The number of halogens is 18. The SMILES string of the molecule is CCCCCCCCCCCCCCCCCC(c1c(OB(Oc2cc(C(F)(F)F)cc(C(F)(F)F)c2)Oc2cc(C(F)(F)F)cc(C(F)(F)F)c2)cc(C(F)(F)F)cc1C(F)(F)F)[N+](CCCCCCCC)(CCCCCCCC)CCCCCCCC. The van der Waals surface area contributed by atoms with Gasteiger partial charge in [-0.2, -0.15) is 79.0 Å². The molecule has 0 aliphatic heterocycles. The van der Waals surface area contributed by atoms with Gasteiger partial charge in [0, 0.05) is 6.42 Å². The Morgan fingerprint density at radius 1 is 0.303 bits per heavy atom. The van der Waals surface area contributed by atoms with Gasteiger partial charge < -0.3 is 18.4 Å². The zero-order valence-corrected chi connectivity index (χ0v) is 52.4. The number of hydrogen-bond donors (Lipinski definition) is 0. The van der Waals surface area contributed by atoms with Gasteiger partial charge in [-0.05, 0) is 93.5 Å². The second-order valence-electron chi connectivity index (χ2n) is 24.0. The zero-order valence-electron chi connectivity index (χ0n) is 52.4. The van der Waals surface area contributed by atoms with Crippen molar-refractivity contribution in [1.29, 1.82) is 0 Å². The van der Waals surface area contributed by atoms with Crippen molar-refractivity contribution in [2.75, 3.05) is 19.6 Å². The first kappa shape index (κ1) is 79.1. The number of unbranched alkanes of at least 4 members (excludes halogenated alkanes) is 29. The quantitative estimate of drug-likeness (QED) is 0.0244. The Labute approximate surface area is 516 Å². The van der Waals surface area contributed by atoms with Crippen molar-refractivity contribution in [1.82, 2.24) is 0 Å². The Kier molecular flexibility index (Phi) is 34.4. The number of alkyl halides is 18. The van der Waals surface area contributed by atoms with Gasteiger partial charge in [0.05, 0.1) is 58.6 Å². The number of rotatable bonds is 45. The average molecular weight is 1300 g/mol. The molecule has 1 atom stereocenters. The molecule has 0 bridgehead atoms. The predicted molar refractivity (Wildman–Crippen MR) is 314 cm³/mol. The van der Waals surface area contributed by atoms with Crippen LogP contribution in [0, 0.1) is 0 Å². The van der Waals surface area contributed by atoms with Gasteiger partial charge in [0.15, 0.2) is 0 Å². The molecule has 1 unspecified atom stereocenters. The molecular weight excluding hydrogens is 1210 g/mol. The summed E-state index contributed by atoms with van der Waals surface area (Å²) in [4.78, 5) is 0. The molecule has 510 valence electrons. The van der Waals surface area contributed by atoms with Crippen molar-refractivity contribution >= 4 is 7.32 Å². The summed E-state index contributed by atoms with van der Waals surface area (Å²) in [5.41, 5.74) is -13.1. The molecule has 0 saturated heterocycles. The molecule has 3 aromatic rings. The lowest BCUT2D eigenvalue weighted by atomic mass is 9.87. The highest BCUT2D eigenvalue weighted by Gasteiger charge is 2.49. The van der Waals surface area contributed by atoms with E-state index in [2.05, 4.69) is 6.92 Å². The van der Waals surface area contributed by atoms with E-state index in [1.54, 1.807) is 0 Å². The van der Waals surface area contributed by atoms with Gasteiger partial charge in [-0.25, -0.2) is 0 Å². The minimum Gasteiger partial charge on any atom is -0.490 e. The lowest BCUT2D eigenvalue weighted by Crippen LogP contribution is -2.53. The van der Waals surface area contributed by atoms with Crippen LogP contribution in [-0.4, -0.2) is 31.4 Å². The van der Waals surface area contributed by atoms with E-state index < -0.39 is 107 Å². The molecule has 0 aromatic heterocycles. The summed E-state index contributed by atoms with van der Waals surface area (Å²) in [6.07, 6.45) is -6.14. The Hall–Kier alpha value is -4.18. The van der Waals surface area contributed by atoms with Crippen LogP contribution >= 0.6 is 0 Å². The van der Waals surface area contributed by atoms with Crippen LogP contribution in [0.5, 0.6) is 17.2 Å². The molecule has 3 aromatic carbocycles. The smallest absolute Gasteiger partial charge is 0.490 e. The van der Waals surface area contributed by atoms with E-state index >= 15 is 26.3 Å². The average Bonchev–Trinajstić information content (AvgIpc) is 2.50. The maximum Gasteiger partial charge on any atom is 0.864 e. The van der Waals surface area contributed by atoms with Crippen molar-refractivity contribution in [2.45, 2.75) is 289 Å². The largest absolute Gasteiger partial charge is 0.864 e. The second kappa shape index (κ2) is 38.7. The van der Waals surface area contributed by atoms with E-state index in [1.165, 1.54) is 25.7 Å². The summed E-state index contributed by atoms with van der Waals surface area (Å²) < 4.78 is 283. The zero-order chi connectivity index (χ0) is 66.4. The van der Waals surface area contributed by atoms with Crippen LogP contribution in [0.2, 0.25) is 0 Å². The molecule has 0 aliphatic rings. The number of hydrogen-bond acceptors (Lipinski definition) is 3. The lowest BCUT2D eigenvalue weighted by molar-refractivity contribution is -0.958. The van der Waals surface area contributed by atoms with Gasteiger partial charge in [0.1, 0.15) is 23.3 Å². The molecule has 89 heavy (non-hydrogen) atoms. The third kappa shape index (κ3) is 29.5. The maximum atomic E-state index is 16.3. The number of nitrogens with zero attached hydrogens (tertiary/aromatic N) is 1. The summed E-state index contributed by atoms with van der Waals surface area (Å²) in [6.45, 7) is 8.86. The van der Waals surface area contributed by atoms with Crippen LogP contribution in [0.15, 0.2) is 48.5 Å². The first-order valence-electron chi connectivity index (χ1n) is 32.6. The van der Waals surface area contributed by atoms with E-state index in [1.807, 2.05) is 20.8 Å². The summed E-state index contributed by atoms with van der Waals surface area (Å²) in [7, 11) is -3.28. The highest BCUT2D eigenvalue weighted by molar-refractivity contribution is 6.39. The van der Waals surface area contributed by atoms with Crippen LogP contribution in [0.4, 0.5) is 79.0 Å². The van der Waals surface area contributed by atoms with Gasteiger partial charge >= 0.3 is 44.4 Å². The standard InChI is InChI=1S/C66H95BF18NO3/c1-5-9-13-17-21-22-23-24-25-26-27-28-29-30-34-38-58(86(39-35-31-18-14-10-6-2,40-36-32-19-15-11-7-3)41-37-33-20-16-12-8-4)60-57(66(83,84)85)48-54(65(80,81)82)49-59(60)89-67(87-55-44-50(61(68,69)70)42-51(45-55)62(71,72)73)88-56-46-52(63(74,75)76)43-53(47-56)64(77,78)79/h42-49,58H,5-41H2,1-4H3/q+1. The summed E-state index contributed by atoms with van der Waals surface area (Å²) in [5.74, 6) is -4.46. The maximum absolute atomic E-state index is 16.3. The minimum atomic E-state index is -5.67. The fourth-order valence-corrected chi connectivity index (χ4v) is 11.7. The third-order valence-corrected chi connectivity index (χ3v) is 16.5. The van der Waals surface area contributed by atoms with Gasteiger partial charge in [-0.1, -0.05) is 195 Å². The minimum absolute atomic E-state index is 0.0842. The van der Waals surface area contributed by atoms with Crippen molar-refractivity contribution in [3.63, 3.8) is 0 Å². The Bertz CT molecular complexity index is 2240. The fraction of sp³-hybridized carbons (Fsp3) is 0.727. The summed E-state index contributed by atoms with van der Waals surface area (Å²) >= 11 is 0. The third-order valence-electron chi connectivity index (χ3n) is 16.5. The molecule has 0 fully saturated rings. The van der Waals surface area contributed by atoms with Crippen molar-refractivity contribution in [3.05, 3.63) is 87.5 Å². The number of benzene rings is 3.